The van der Waals surface area contributed by atoms with Crippen LogP contribution in [0, 0.1) is 23.3 Å². The number of benzene rings is 2. The molecule has 0 N–H and O–H groups in total. The third-order valence-corrected chi connectivity index (χ3v) is 14.2. The van der Waals surface area contributed by atoms with Crippen LogP contribution in [0.3, 0.4) is 0 Å². The first-order valence-electron chi connectivity index (χ1n) is 14.1. The summed E-state index contributed by atoms with van der Waals surface area (Å²) in [6.07, 6.45) is 4.98. The zero-order chi connectivity index (χ0) is 32.8. The number of hydrogen-bond acceptors (Lipinski definition) is 8. The zero-order valence-electron chi connectivity index (χ0n) is 23.9. The molecule has 4 nitrogen and oxygen atoms in total. The van der Waals surface area contributed by atoms with Gasteiger partial charge in [-0.05, 0) is 59.7 Å². The van der Waals surface area contributed by atoms with Crippen LogP contribution in [-0.2, 0) is 5.41 Å². The first-order chi connectivity index (χ1) is 22.3. The molecule has 0 spiro atoms. The van der Waals surface area contributed by atoms with Gasteiger partial charge in [-0.1, -0.05) is 13.8 Å². The standard InChI is InChI=1S/C35H14F4O4S4/c1-35(2)11(3-17-26(40)13-7-19(36)20(37)8-14(13)27(17)41)4-23-25(35)31-33(45-23)34-32(47-31)30-24(46-34)6-12(44-30)5-18-28(42)15-9-21(38)22(39)10-16(15)29(18)43/h3-10H,1-2H3. The molecule has 6 aromatic rings. The van der Waals surface area contributed by atoms with Gasteiger partial charge in [-0.3, -0.25) is 19.2 Å². The van der Waals surface area contributed by atoms with Gasteiger partial charge in [-0.2, -0.15) is 0 Å². The second-order valence-electron chi connectivity index (χ2n) is 12.0. The maximum absolute atomic E-state index is 13.9. The SMILES string of the molecule is CC1(C)C(C=C2C(=O)c3cc(F)c(F)cc3C2=O)=Cc2sc3c(sc4c5sc(C=C6C(=O)c7cc(F)c(F)cc7C6=O)cc5sc34)c21. The molecule has 0 saturated carbocycles. The predicted molar refractivity (Wildman–Crippen MR) is 178 cm³/mol. The van der Waals surface area contributed by atoms with Crippen LogP contribution in [0.2, 0.25) is 0 Å². The maximum Gasteiger partial charge on any atom is 0.197 e. The fourth-order valence-electron chi connectivity index (χ4n) is 6.55. The second-order valence-corrected chi connectivity index (χ2v) is 16.2. The number of thiophene rings is 4. The molecular weight excluding hydrogens is 689 g/mol. The molecule has 0 saturated heterocycles. The van der Waals surface area contributed by atoms with Crippen molar-refractivity contribution in [2.45, 2.75) is 19.3 Å². The Kier molecular flexibility index (Phi) is 5.75. The van der Waals surface area contributed by atoms with Crippen molar-refractivity contribution in [3.8, 4) is 0 Å². The van der Waals surface area contributed by atoms with Gasteiger partial charge < -0.3 is 0 Å². The van der Waals surface area contributed by atoms with E-state index in [1.54, 1.807) is 40.1 Å². The largest absolute Gasteiger partial charge is 0.288 e. The number of ketones is 4. The molecule has 0 bridgehead atoms. The van der Waals surface area contributed by atoms with Gasteiger partial charge in [0.15, 0.2) is 46.4 Å². The van der Waals surface area contributed by atoms with Crippen LogP contribution in [0.4, 0.5) is 17.6 Å². The molecule has 0 atom stereocenters. The fourth-order valence-corrected chi connectivity index (χ4v) is 12.7. The van der Waals surface area contributed by atoms with E-state index in [0.717, 1.165) is 68.5 Å². The van der Waals surface area contributed by atoms with E-state index >= 15 is 0 Å². The molecule has 4 heterocycles. The topological polar surface area (TPSA) is 68.3 Å². The molecule has 2 aromatic carbocycles. The Balaban J connectivity index is 1.09. The maximum atomic E-state index is 13.9. The van der Waals surface area contributed by atoms with E-state index in [0.29, 0.717) is 4.88 Å². The molecule has 3 aliphatic carbocycles. The number of halogens is 4. The summed E-state index contributed by atoms with van der Waals surface area (Å²) >= 11 is 6.26. The summed E-state index contributed by atoms with van der Waals surface area (Å²) < 4.78 is 61.6. The average molecular weight is 703 g/mol. The molecule has 0 aliphatic heterocycles. The van der Waals surface area contributed by atoms with E-state index in [1.807, 2.05) is 26.0 Å². The highest BCUT2D eigenvalue weighted by Gasteiger charge is 2.41. The predicted octanol–water partition coefficient (Wildman–Crippen LogP) is 10.1. The van der Waals surface area contributed by atoms with E-state index in [-0.39, 0.29) is 33.4 Å². The van der Waals surface area contributed by atoms with Crippen molar-refractivity contribution in [1.82, 2.24) is 0 Å². The lowest BCUT2D eigenvalue weighted by molar-refractivity contribution is 0.0974. The number of carbonyl (C=O) groups is 4. The van der Waals surface area contributed by atoms with E-state index < -0.39 is 51.8 Å². The van der Waals surface area contributed by atoms with Gasteiger partial charge in [0.2, 0.25) is 0 Å². The monoisotopic (exact) mass is 702 g/mol. The van der Waals surface area contributed by atoms with Gasteiger partial charge in [0.25, 0.3) is 0 Å². The Bertz CT molecular complexity index is 2590. The first-order valence-corrected chi connectivity index (χ1v) is 17.3. The summed E-state index contributed by atoms with van der Waals surface area (Å²) in [5, 5.41) is 0. The van der Waals surface area contributed by atoms with Crippen molar-refractivity contribution in [3.05, 3.63) is 114 Å². The molecule has 12 heteroatoms. The summed E-state index contributed by atoms with van der Waals surface area (Å²) in [4.78, 5) is 53.6. The molecule has 230 valence electrons. The van der Waals surface area contributed by atoms with Gasteiger partial charge in [0.05, 0.1) is 34.6 Å². The van der Waals surface area contributed by atoms with Crippen LogP contribution in [0.15, 0.2) is 53.1 Å². The van der Waals surface area contributed by atoms with Crippen molar-refractivity contribution >= 4 is 109 Å². The van der Waals surface area contributed by atoms with E-state index in [1.165, 1.54) is 17.4 Å². The molecule has 0 amide bonds. The van der Waals surface area contributed by atoms with Crippen LogP contribution < -0.4 is 0 Å². The minimum atomic E-state index is -1.18. The average Bonchev–Trinajstić information content (AvgIpc) is 3.84. The first kappa shape index (κ1) is 28.8. The number of allylic oxidation sites excluding steroid dienone is 4. The third kappa shape index (κ3) is 3.78. The van der Waals surface area contributed by atoms with Gasteiger partial charge >= 0.3 is 0 Å². The van der Waals surface area contributed by atoms with Gasteiger partial charge in [0, 0.05) is 42.1 Å². The van der Waals surface area contributed by atoms with Gasteiger partial charge in [-0.25, -0.2) is 17.6 Å². The second kappa shape index (κ2) is 9.38. The van der Waals surface area contributed by atoms with Gasteiger partial charge in [0.1, 0.15) is 0 Å². The van der Waals surface area contributed by atoms with Crippen molar-refractivity contribution in [3.63, 3.8) is 0 Å². The lowest BCUT2D eigenvalue weighted by Gasteiger charge is -2.22. The minimum absolute atomic E-state index is 0.123. The molecule has 47 heavy (non-hydrogen) atoms. The highest BCUT2D eigenvalue weighted by molar-refractivity contribution is 7.44. The summed E-state index contributed by atoms with van der Waals surface area (Å²) in [5.74, 6) is -7.27. The van der Waals surface area contributed by atoms with Gasteiger partial charge in [-0.15, -0.1) is 45.3 Å². The number of fused-ring (bicyclic) bond motifs is 9. The quantitative estimate of drug-likeness (QED) is 0.102. The van der Waals surface area contributed by atoms with E-state index in [2.05, 4.69) is 0 Å². The van der Waals surface area contributed by atoms with Crippen LogP contribution >= 0.6 is 45.3 Å². The molecule has 0 fully saturated rings. The van der Waals surface area contributed by atoms with Crippen molar-refractivity contribution in [1.29, 1.82) is 0 Å². The smallest absolute Gasteiger partial charge is 0.197 e. The molecule has 0 radical (unpaired) electrons. The Morgan fingerprint density at radius 3 is 1.55 bits per heavy atom. The highest BCUT2D eigenvalue weighted by Crippen LogP contribution is 2.57. The summed E-state index contributed by atoms with van der Waals surface area (Å²) in [6.45, 7) is 4.02. The molecule has 3 aliphatic rings. The van der Waals surface area contributed by atoms with Crippen molar-refractivity contribution < 1.29 is 36.7 Å². The van der Waals surface area contributed by atoms with E-state index in [4.69, 9.17) is 0 Å². The Labute approximate surface area is 277 Å². The van der Waals surface area contributed by atoms with Crippen LogP contribution in [0.25, 0.3) is 40.4 Å². The van der Waals surface area contributed by atoms with Crippen LogP contribution in [0.1, 0.15) is 70.6 Å². The van der Waals surface area contributed by atoms with Crippen LogP contribution in [0.5, 0.6) is 0 Å². The van der Waals surface area contributed by atoms with Crippen LogP contribution in [-0.4, -0.2) is 23.1 Å². The zero-order valence-corrected chi connectivity index (χ0v) is 27.2. The lowest BCUT2D eigenvalue weighted by atomic mass is 9.81. The number of hydrogen-bond donors (Lipinski definition) is 0. The van der Waals surface area contributed by atoms with Crippen molar-refractivity contribution in [2.75, 3.05) is 0 Å². The van der Waals surface area contributed by atoms with E-state index in [9.17, 15) is 36.7 Å². The molecule has 0 unspecified atom stereocenters. The number of Topliss-reactive ketones (excluding diaryl/α,β-unsaturated/α-hetero) is 4. The summed E-state index contributed by atoms with van der Waals surface area (Å²) in [6, 6.07) is 4.98. The third-order valence-electron chi connectivity index (χ3n) is 8.94. The molecule has 9 rings (SSSR count). The molecular formula is C35H14F4O4S4. The number of rotatable bonds is 2. The highest BCUT2D eigenvalue weighted by atomic mass is 32.1. The Hall–Kier alpha value is -4.36. The summed E-state index contributed by atoms with van der Waals surface area (Å²) in [5.41, 5.74) is 0.395. The summed E-state index contributed by atoms with van der Waals surface area (Å²) in [7, 11) is 0. The minimum Gasteiger partial charge on any atom is -0.288 e. The lowest BCUT2D eigenvalue weighted by Crippen LogP contribution is -2.16. The van der Waals surface area contributed by atoms with Crippen molar-refractivity contribution in [2.24, 2.45) is 0 Å². The number of carbonyl (C=O) groups excluding carboxylic acids is 4. The fraction of sp³-hybridized carbons (Fsp3) is 0.0857. The normalized spacial score (nSPS) is 16.7. The Morgan fingerprint density at radius 1 is 0.553 bits per heavy atom. The Morgan fingerprint density at radius 2 is 1.02 bits per heavy atom. The molecule has 4 aromatic heterocycles.